The van der Waals surface area contributed by atoms with Crippen LogP contribution in [0.25, 0.3) is 0 Å². The van der Waals surface area contributed by atoms with Gasteiger partial charge in [-0.1, -0.05) is 0 Å². The molecule has 0 heterocycles. The first-order chi connectivity index (χ1) is 8.34. The molecule has 0 atom stereocenters. The van der Waals surface area contributed by atoms with E-state index in [1.54, 1.807) is 22.3 Å². The van der Waals surface area contributed by atoms with Gasteiger partial charge in [0.05, 0.1) is 0 Å². The normalized spacial score (nSPS) is 21.9. The van der Waals surface area contributed by atoms with Gasteiger partial charge in [0.1, 0.15) is 0 Å². The molecule has 1 heteroatoms. The van der Waals surface area contributed by atoms with E-state index >= 15 is 0 Å². The molecule has 0 unspecified atom stereocenters. The fraction of sp³-hybridized carbons (Fsp3) is 0.529. The second-order valence-electron chi connectivity index (χ2n) is 6.66. The summed E-state index contributed by atoms with van der Waals surface area (Å²) in [5, 5.41) is 0. The first kappa shape index (κ1) is 14.2. The van der Waals surface area contributed by atoms with Crippen LogP contribution >= 0.6 is 0 Å². The molecule has 18 heavy (non-hydrogen) atoms. The van der Waals surface area contributed by atoms with E-state index in [9.17, 15) is 0 Å². The quantitative estimate of drug-likeness (QED) is 0.591. The standard InChI is InChI=1S/C10H15.C5H5.2CH3.Sn/c1-6-7(2)9(4)10(5)8(6)3;1-2-4-5-3-1;;;/h6H,1H2,2-5H3;1-5H;2*1H3;. The molecule has 0 aliphatic heterocycles. The molecule has 0 aromatic heterocycles. The van der Waals surface area contributed by atoms with E-state index in [1.165, 1.54) is 4.44 Å². The zero-order chi connectivity index (χ0) is 13.5. The Bertz CT molecular complexity index is 436. The van der Waals surface area contributed by atoms with Crippen molar-refractivity contribution in [3.63, 3.8) is 0 Å². The van der Waals surface area contributed by atoms with Gasteiger partial charge in [-0.2, -0.15) is 0 Å². The molecule has 0 N–H and O–H groups in total. The van der Waals surface area contributed by atoms with Crippen LogP contribution in [0, 0.1) is 5.92 Å². The van der Waals surface area contributed by atoms with E-state index in [1.807, 2.05) is 0 Å². The summed E-state index contributed by atoms with van der Waals surface area (Å²) < 4.78 is 2.27. The Morgan fingerprint density at radius 1 is 0.889 bits per heavy atom. The number of allylic oxidation sites excluding steroid dienone is 8. The van der Waals surface area contributed by atoms with E-state index < -0.39 is 18.4 Å². The molecule has 0 saturated carbocycles. The van der Waals surface area contributed by atoms with E-state index in [2.05, 4.69) is 61.9 Å². The first-order valence-corrected chi connectivity index (χ1v) is 16.4. The Balaban J connectivity index is 2.20. The van der Waals surface area contributed by atoms with Crippen molar-refractivity contribution in [1.29, 1.82) is 0 Å². The Morgan fingerprint density at radius 3 is 1.78 bits per heavy atom. The zero-order valence-corrected chi connectivity index (χ0v) is 15.5. The summed E-state index contributed by atoms with van der Waals surface area (Å²) in [6, 6.07) is 0. The van der Waals surface area contributed by atoms with Crippen LogP contribution in [0.2, 0.25) is 18.2 Å². The minimum atomic E-state index is -2.02. The van der Waals surface area contributed by atoms with Gasteiger partial charge in [0.25, 0.3) is 0 Å². The molecular formula is C17H26Sn. The molecular weight excluding hydrogens is 323 g/mol. The fourth-order valence-corrected chi connectivity index (χ4v) is 12.5. The molecule has 0 aromatic carbocycles. The van der Waals surface area contributed by atoms with Gasteiger partial charge in [0, 0.05) is 0 Å². The van der Waals surface area contributed by atoms with Crippen molar-refractivity contribution in [2.75, 3.05) is 0 Å². The van der Waals surface area contributed by atoms with Crippen molar-refractivity contribution < 1.29 is 0 Å². The van der Waals surface area contributed by atoms with Crippen LogP contribution in [0.1, 0.15) is 27.7 Å². The van der Waals surface area contributed by atoms with Crippen molar-refractivity contribution in [3.8, 4) is 0 Å². The predicted molar refractivity (Wildman–Crippen MR) is 84.6 cm³/mol. The summed E-state index contributed by atoms with van der Waals surface area (Å²) in [6.07, 6.45) is 9.34. The first-order valence-electron chi connectivity index (χ1n) is 7.04. The van der Waals surface area contributed by atoms with E-state index in [4.69, 9.17) is 0 Å². The molecule has 0 radical (unpaired) electrons. The molecule has 2 aliphatic rings. The van der Waals surface area contributed by atoms with Crippen LogP contribution in [-0.4, -0.2) is 18.4 Å². The van der Waals surface area contributed by atoms with Gasteiger partial charge in [0.2, 0.25) is 0 Å². The van der Waals surface area contributed by atoms with Gasteiger partial charge in [-0.05, 0) is 0 Å². The van der Waals surface area contributed by atoms with E-state index in [-0.39, 0.29) is 0 Å². The van der Waals surface area contributed by atoms with Crippen molar-refractivity contribution in [1.82, 2.24) is 0 Å². The summed E-state index contributed by atoms with van der Waals surface area (Å²) in [4.78, 5) is 5.23. The number of rotatable bonds is 3. The summed E-state index contributed by atoms with van der Waals surface area (Å²) >= 11 is -2.02. The van der Waals surface area contributed by atoms with E-state index in [0.29, 0.717) is 0 Å². The van der Waals surface area contributed by atoms with Crippen molar-refractivity contribution in [3.05, 3.63) is 46.6 Å². The second kappa shape index (κ2) is 5.03. The average Bonchev–Trinajstić information content (AvgIpc) is 2.91. The monoisotopic (exact) mass is 350 g/mol. The van der Waals surface area contributed by atoms with Crippen molar-refractivity contribution in [2.45, 2.75) is 45.9 Å². The molecule has 0 saturated heterocycles. The molecule has 0 aromatic rings. The third kappa shape index (κ3) is 2.41. The van der Waals surface area contributed by atoms with Crippen LogP contribution in [0.5, 0.6) is 0 Å². The van der Waals surface area contributed by atoms with Crippen LogP contribution in [0.3, 0.4) is 0 Å². The molecule has 0 spiro atoms. The predicted octanol–water partition coefficient (Wildman–Crippen LogP) is 5.49. The maximum atomic E-state index is 2.61. The Labute approximate surface area is 116 Å². The maximum absolute atomic E-state index is 2.61. The average molecular weight is 349 g/mol. The third-order valence-electron chi connectivity index (χ3n) is 5.17. The van der Waals surface area contributed by atoms with Gasteiger partial charge in [0.15, 0.2) is 0 Å². The van der Waals surface area contributed by atoms with Crippen LogP contribution in [-0.2, 0) is 0 Å². The summed E-state index contributed by atoms with van der Waals surface area (Å²) in [6.45, 7) is 9.29. The second-order valence-corrected chi connectivity index (χ2v) is 21.1. The third-order valence-corrected chi connectivity index (χ3v) is 15.6. The fourth-order valence-electron chi connectivity index (χ4n) is 3.36. The van der Waals surface area contributed by atoms with Gasteiger partial charge >= 0.3 is 117 Å². The van der Waals surface area contributed by atoms with Gasteiger partial charge in [-0.3, -0.25) is 0 Å². The van der Waals surface area contributed by atoms with Crippen LogP contribution in [0.4, 0.5) is 0 Å². The summed E-state index contributed by atoms with van der Waals surface area (Å²) in [5.41, 5.74) is 6.38. The molecule has 0 bridgehead atoms. The Kier molecular flexibility index (Phi) is 3.96. The summed E-state index contributed by atoms with van der Waals surface area (Å²) in [7, 11) is 0. The van der Waals surface area contributed by atoms with Gasteiger partial charge in [-0.15, -0.1) is 0 Å². The zero-order valence-electron chi connectivity index (χ0n) is 12.7. The Hall–Kier alpha value is -0.241. The minimum absolute atomic E-state index is 0.748. The van der Waals surface area contributed by atoms with Gasteiger partial charge in [-0.25, -0.2) is 0 Å². The molecule has 0 fully saturated rings. The number of hydrogen-bond acceptors (Lipinski definition) is 0. The van der Waals surface area contributed by atoms with Crippen LogP contribution < -0.4 is 0 Å². The SMILES string of the molecule is CC1=C(C)C([CH2][Sn]([CH3])([CH3])[CH]2C=CC=C2)C(C)=C1C. The molecule has 0 amide bonds. The van der Waals surface area contributed by atoms with Gasteiger partial charge < -0.3 is 0 Å². The van der Waals surface area contributed by atoms with Crippen LogP contribution in [0.15, 0.2) is 46.6 Å². The molecule has 0 nitrogen and oxygen atoms in total. The summed E-state index contributed by atoms with van der Waals surface area (Å²) in [5.74, 6) is 0.748. The van der Waals surface area contributed by atoms with Crippen molar-refractivity contribution >= 4 is 18.4 Å². The Morgan fingerprint density at radius 2 is 1.33 bits per heavy atom. The topological polar surface area (TPSA) is 0 Å². The molecule has 98 valence electrons. The molecule has 2 rings (SSSR count). The number of hydrogen-bond donors (Lipinski definition) is 0. The molecule has 2 aliphatic carbocycles. The van der Waals surface area contributed by atoms with E-state index in [0.717, 1.165) is 9.85 Å². The van der Waals surface area contributed by atoms with Crippen molar-refractivity contribution in [2.24, 2.45) is 5.92 Å².